The number of amides is 1. The Balaban J connectivity index is 2.39. The van der Waals surface area contributed by atoms with Crippen molar-refractivity contribution < 1.29 is 4.79 Å². The molecule has 74 valence electrons. The summed E-state index contributed by atoms with van der Waals surface area (Å²) in [5, 5.41) is 2.03. The number of halogens is 2. The standard InChI is InChI=1S/C9H7Cl2NOS/c10-7-8(11)14-6-4-2-1-3-5(6)12-9(7)13/h1-4,7-8H,(H,12,13). The van der Waals surface area contributed by atoms with Crippen molar-refractivity contribution in [3.05, 3.63) is 24.3 Å². The number of hydrogen-bond donors (Lipinski definition) is 1. The average molecular weight is 248 g/mol. The molecule has 0 aromatic heterocycles. The van der Waals surface area contributed by atoms with Gasteiger partial charge < -0.3 is 5.32 Å². The van der Waals surface area contributed by atoms with Crippen LogP contribution in [0.1, 0.15) is 0 Å². The lowest BCUT2D eigenvalue weighted by atomic mass is 10.3. The Morgan fingerprint density at radius 2 is 2.00 bits per heavy atom. The average Bonchev–Trinajstić information content (AvgIpc) is 2.28. The number of anilines is 1. The summed E-state index contributed by atoms with van der Waals surface area (Å²) in [5.74, 6) is -0.246. The van der Waals surface area contributed by atoms with Crippen LogP contribution in [0.4, 0.5) is 5.69 Å². The van der Waals surface area contributed by atoms with Crippen LogP contribution in [0.5, 0.6) is 0 Å². The van der Waals surface area contributed by atoms with Crippen molar-refractivity contribution in [2.24, 2.45) is 0 Å². The minimum atomic E-state index is -0.700. The van der Waals surface area contributed by atoms with Crippen molar-refractivity contribution in [1.29, 1.82) is 0 Å². The van der Waals surface area contributed by atoms with Crippen molar-refractivity contribution in [2.45, 2.75) is 15.0 Å². The second-order valence-corrected chi connectivity index (χ2v) is 5.24. The maximum atomic E-state index is 11.4. The Morgan fingerprint density at radius 3 is 2.79 bits per heavy atom. The molecule has 1 amide bonds. The molecule has 1 aliphatic heterocycles. The van der Waals surface area contributed by atoms with Crippen LogP contribution in [0.25, 0.3) is 0 Å². The van der Waals surface area contributed by atoms with E-state index >= 15 is 0 Å². The number of benzene rings is 1. The van der Waals surface area contributed by atoms with Crippen LogP contribution < -0.4 is 5.32 Å². The number of hydrogen-bond acceptors (Lipinski definition) is 2. The minimum Gasteiger partial charge on any atom is -0.324 e. The summed E-state index contributed by atoms with van der Waals surface area (Å²) in [6.45, 7) is 0. The maximum absolute atomic E-state index is 11.4. The first-order chi connectivity index (χ1) is 6.68. The van der Waals surface area contributed by atoms with Crippen LogP contribution in [0.15, 0.2) is 29.2 Å². The molecule has 2 atom stereocenters. The molecule has 1 aromatic carbocycles. The van der Waals surface area contributed by atoms with Gasteiger partial charge in [0, 0.05) is 4.90 Å². The maximum Gasteiger partial charge on any atom is 0.244 e. The molecule has 0 spiro atoms. The highest BCUT2D eigenvalue weighted by atomic mass is 35.5. The zero-order chi connectivity index (χ0) is 10.1. The smallest absolute Gasteiger partial charge is 0.244 e. The molecule has 0 saturated heterocycles. The van der Waals surface area contributed by atoms with Crippen molar-refractivity contribution in [3.8, 4) is 0 Å². The number of thioether (sulfide) groups is 1. The zero-order valence-electron chi connectivity index (χ0n) is 7.04. The molecule has 14 heavy (non-hydrogen) atoms. The molecule has 2 rings (SSSR count). The van der Waals surface area contributed by atoms with E-state index < -0.39 is 10.1 Å². The van der Waals surface area contributed by atoms with E-state index in [4.69, 9.17) is 23.2 Å². The lowest BCUT2D eigenvalue weighted by Gasteiger charge is -2.08. The number of nitrogens with one attached hydrogen (secondary N) is 1. The molecule has 0 bridgehead atoms. The van der Waals surface area contributed by atoms with Gasteiger partial charge in [-0.2, -0.15) is 0 Å². The van der Waals surface area contributed by atoms with Crippen LogP contribution in [-0.2, 0) is 4.79 Å². The number of para-hydroxylation sites is 1. The Kier molecular flexibility index (Phi) is 2.91. The van der Waals surface area contributed by atoms with Gasteiger partial charge in [0.2, 0.25) is 5.91 Å². The van der Waals surface area contributed by atoms with Gasteiger partial charge in [-0.3, -0.25) is 4.79 Å². The fraction of sp³-hybridized carbons (Fsp3) is 0.222. The van der Waals surface area contributed by atoms with Crippen LogP contribution >= 0.6 is 35.0 Å². The Labute approximate surface area is 96.0 Å². The Morgan fingerprint density at radius 1 is 1.29 bits per heavy atom. The predicted molar refractivity (Wildman–Crippen MR) is 60.2 cm³/mol. The molecule has 0 fully saturated rings. The molecular weight excluding hydrogens is 241 g/mol. The summed E-state index contributed by atoms with van der Waals surface area (Å²) in [4.78, 5) is 12.4. The van der Waals surface area contributed by atoms with Gasteiger partial charge in [0.15, 0.2) is 0 Å². The summed E-state index contributed by atoms with van der Waals surface area (Å²) in [6, 6.07) is 7.50. The topological polar surface area (TPSA) is 29.1 Å². The van der Waals surface area contributed by atoms with Crippen LogP contribution in [0.2, 0.25) is 0 Å². The van der Waals surface area contributed by atoms with E-state index in [0.717, 1.165) is 10.6 Å². The minimum absolute atomic E-state index is 0.246. The van der Waals surface area contributed by atoms with Crippen molar-refractivity contribution in [3.63, 3.8) is 0 Å². The molecule has 0 saturated carbocycles. The highest BCUT2D eigenvalue weighted by molar-refractivity contribution is 8.01. The van der Waals surface area contributed by atoms with Gasteiger partial charge in [0.05, 0.1) is 5.69 Å². The van der Waals surface area contributed by atoms with Crippen LogP contribution in [0.3, 0.4) is 0 Å². The van der Waals surface area contributed by atoms with Gasteiger partial charge >= 0.3 is 0 Å². The van der Waals surface area contributed by atoms with Gasteiger partial charge in [-0.1, -0.05) is 12.1 Å². The Bertz CT molecular complexity index is 372. The van der Waals surface area contributed by atoms with Crippen molar-refractivity contribution >= 4 is 46.6 Å². The molecule has 2 unspecified atom stereocenters. The van der Waals surface area contributed by atoms with E-state index in [1.807, 2.05) is 24.3 Å². The van der Waals surface area contributed by atoms with Gasteiger partial charge in [-0.25, -0.2) is 0 Å². The quantitative estimate of drug-likeness (QED) is 0.715. The van der Waals surface area contributed by atoms with Gasteiger partial charge in [0.1, 0.15) is 10.1 Å². The molecule has 1 aliphatic rings. The van der Waals surface area contributed by atoms with Gasteiger partial charge in [-0.05, 0) is 12.1 Å². The zero-order valence-corrected chi connectivity index (χ0v) is 9.36. The highest BCUT2D eigenvalue weighted by Crippen LogP contribution is 2.38. The van der Waals surface area contributed by atoms with Crippen molar-refractivity contribution in [2.75, 3.05) is 5.32 Å². The van der Waals surface area contributed by atoms with Gasteiger partial charge in [-0.15, -0.1) is 35.0 Å². The monoisotopic (exact) mass is 247 g/mol. The molecule has 0 radical (unpaired) electrons. The molecule has 5 heteroatoms. The number of alkyl halides is 2. The first kappa shape index (κ1) is 10.1. The highest BCUT2D eigenvalue weighted by Gasteiger charge is 2.29. The predicted octanol–water partition coefficient (Wildman–Crippen LogP) is 2.90. The first-order valence-electron chi connectivity index (χ1n) is 4.03. The fourth-order valence-electron chi connectivity index (χ4n) is 1.17. The third-order valence-corrected chi connectivity index (χ3v) is 4.22. The normalized spacial score (nSPS) is 26.3. The summed E-state index contributed by atoms with van der Waals surface area (Å²) in [5.41, 5.74) is 0.774. The SMILES string of the molecule is O=C1Nc2ccccc2SC(Cl)C1Cl. The molecule has 1 N–H and O–H groups in total. The van der Waals surface area contributed by atoms with Gasteiger partial charge in [0.25, 0.3) is 0 Å². The number of carbonyl (C=O) groups is 1. The van der Waals surface area contributed by atoms with Crippen molar-refractivity contribution in [1.82, 2.24) is 0 Å². The molecule has 1 heterocycles. The van der Waals surface area contributed by atoms with E-state index in [2.05, 4.69) is 5.32 Å². The lowest BCUT2D eigenvalue weighted by Crippen LogP contribution is -2.27. The van der Waals surface area contributed by atoms with E-state index in [1.54, 1.807) is 0 Å². The molecular formula is C9H7Cl2NOS. The third-order valence-electron chi connectivity index (χ3n) is 1.87. The third kappa shape index (κ3) is 1.85. The second-order valence-electron chi connectivity index (χ2n) is 2.86. The van der Waals surface area contributed by atoms with Crippen LogP contribution in [0, 0.1) is 0 Å². The summed E-state index contributed by atoms with van der Waals surface area (Å²) >= 11 is 13.2. The van der Waals surface area contributed by atoms with E-state index in [-0.39, 0.29) is 5.91 Å². The lowest BCUT2D eigenvalue weighted by molar-refractivity contribution is -0.115. The largest absolute Gasteiger partial charge is 0.324 e. The molecule has 1 aromatic rings. The number of rotatable bonds is 0. The second kappa shape index (κ2) is 4.01. The molecule has 2 nitrogen and oxygen atoms in total. The van der Waals surface area contributed by atoms with E-state index in [0.29, 0.717) is 0 Å². The first-order valence-corrected chi connectivity index (χ1v) is 5.78. The van der Waals surface area contributed by atoms with E-state index in [1.165, 1.54) is 11.8 Å². The summed E-state index contributed by atoms with van der Waals surface area (Å²) < 4.78 is -0.430. The number of fused-ring (bicyclic) bond motifs is 1. The van der Waals surface area contributed by atoms with Crippen LogP contribution in [-0.4, -0.2) is 16.0 Å². The molecule has 0 aliphatic carbocycles. The summed E-state index contributed by atoms with van der Waals surface area (Å²) in [7, 11) is 0. The van der Waals surface area contributed by atoms with E-state index in [9.17, 15) is 4.79 Å². The fourth-order valence-corrected chi connectivity index (χ4v) is 2.67. The Hall–Kier alpha value is -0.380. The number of carbonyl (C=O) groups excluding carboxylic acids is 1. The summed E-state index contributed by atoms with van der Waals surface area (Å²) in [6.07, 6.45) is 0.